The third-order valence-electron chi connectivity index (χ3n) is 3.23. The highest BCUT2D eigenvalue weighted by Crippen LogP contribution is 2.44. The molecule has 3 rings (SSSR count). The highest BCUT2D eigenvalue weighted by atomic mass is 79.9. The normalized spacial score (nSPS) is 15.4. The molecule has 5 nitrogen and oxygen atoms in total. The van der Waals surface area contributed by atoms with Crippen molar-refractivity contribution in [2.75, 3.05) is 0 Å². The number of fused-ring (bicyclic) bond motifs is 2. The number of para-hydroxylation sites is 1. The lowest BCUT2D eigenvalue weighted by molar-refractivity contribution is -0.121. The molecule has 2 amide bonds. The summed E-state index contributed by atoms with van der Waals surface area (Å²) in [5, 5.41) is 10.7. The quantitative estimate of drug-likeness (QED) is 0.827. The van der Waals surface area contributed by atoms with Gasteiger partial charge in [0.1, 0.15) is 11.5 Å². The zero-order chi connectivity index (χ0) is 15.0. The first-order valence-corrected chi connectivity index (χ1v) is 6.95. The maximum absolute atomic E-state index is 12.3. The average Bonchev–Trinajstić information content (AvgIpc) is 2.44. The Kier molecular flexibility index (Phi) is 3.39. The van der Waals surface area contributed by atoms with Crippen LogP contribution >= 0.6 is 15.9 Å². The van der Waals surface area contributed by atoms with Crippen LogP contribution < -0.4 is 10.1 Å². The first-order chi connectivity index (χ1) is 10.1. The summed E-state index contributed by atoms with van der Waals surface area (Å²) >= 11 is 3.35. The number of amides is 2. The van der Waals surface area contributed by atoms with Crippen molar-refractivity contribution in [2.24, 2.45) is 0 Å². The van der Waals surface area contributed by atoms with Crippen LogP contribution in [0.3, 0.4) is 0 Å². The number of hydrogen-bond donors (Lipinski definition) is 2. The van der Waals surface area contributed by atoms with E-state index in [0.29, 0.717) is 22.6 Å². The van der Waals surface area contributed by atoms with E-state index in [-0.39, 0.29) is 0 Å². The van der Waals surface area contributed by atoms with Crippen LogP contribution in [0.4, 0.5) is 4.79 Å². The van der Waals surface area contributed by atoms with E-state index in [2.05, 4.69) is 15.9 Å². The third kappa shape index (κ3) is 2.50. The van der Waals surface area contributed by atoms with Gasteiger partial charge in [0.2, 0.25) is 5.91 Å². The fourth-order valence-corrected chi connectivity index (χ4v) is 2.77. The molecule has 1 heterocycles. The van der Waals surface area contributed by atoms with Gasteiger partial charge in [-0.25, -0.2) is 4.79 Å². The number of halogens is 1. The van der Waals surface area contributed by atoms with Crippen molar-refractivity contribution >= 4 is 27.9 Å². The van der Waals surface area contributed by atoms with Gasteiger partial charge in [0.25, 0.3) is 0 Å². The molecule has 0 saturated heterocycles. The highest BCUT2D eigenvalue weighted by Gasteiger charge is 2.33. The van der Waals surface area contributed by atoms with E-state index in [1.54, 1.807) is 42.5 Å². The first-order valence-electron chi connectivity index (χ1n) is 6.16. The second-order valence-electron chi connectivity index (χ2n) is 4.55. The number of rotatable bonds is 1. The molecule has 1 atom stereocenters. The summed E-state index contributed by atoms with van der Waals surface area (Å²) in [6, 6.07) is 12.4. The summed E-state index contributed by atoms with van der Waals surface area (Å²) in [5.74, 6) is -0.226. The zero-order valence-electron chi connectivity index (χ0n) is 10.7. The smallest absolute Gasteiger partial charge is 0.411 e. The number of ether oxygens (including phenoxy) is 1. The third-order valence-corrected chi connectivity index (χ3v) is 3.72. The molecule has 0 bridgehead atoms. The lowest BCUT2D eigenvalue weighted by Gasteiger charge is -2.27. The average molecular weight is 348 g/mol. The number of nitrogens with one attached hydrogen (secondary N) is 1. The van der Waals surface area contributed by atoms with Gasteiger partial charge in [0, 0.05) is 15.6 Å². The molecule has 6 heteroatoms. The van der Waals surface area contributed by atoms with Crippen LogP contribution in [-0.4, -0.2) is 17.1 Å². The lowest BCUT2D eigenvalue weighted by atomic mass is 9.87. The van der Waals surface area contributed by atoms with Crippen molar-refractivity contribution < 1.29 is 19.4 Å². The molecule has 2 aromatic carbocycles. The molecule has 0 spiro atoms. The maximum atomic E-state index is 12.3. The van der Waals surface area contributed by atoms with E-state index in [4.69, 9.17) is 9.84 Å². The molecule has 1 aliphatic heterocycles. The highest BCUT2D eigenvalue weighted by molar-refractivity contribution is 9.10. The van der Waals surface area contributed by atoms with E-state index < -0.39 is 17.9 Å². The van der Waals surface area contributed by atoms with Crippen LogP contribution in [0.2, 0.25) is 0 Å². The number of carbonyl (C=O) groups excluding carboxylic acids is 1. The van der Waals surface area contributed by atoms with Gasteiger partial charge in [-0.05, 0) is 24.3 Å². The molecule has 2 aromatic rings. The predicted octanol–water partition coefficient (Wildman–Crippen LogP) is 3.48. The van der Waals surface area contributed by atoms with Crippen molar-refractivity contribution in [1.29, 1.82) is 0 Å². The molecule has 1 unspecified atom stereocenters. The summed E-state index contributed by atoms with van der Waals surface area (Å²) in [4.78, 5) is 23.1. The molecule has 0 aromatic heterocycles. The zero-order valence-corrected chi connectivity index (χ0v) is 12.3. The van der Waals surface area contributed by atoms with E-state index in [9.17, 15) is 9.59 Å². The topological polar surface area (TPSA) is 75.6 Å². The van der Waals surface area contributed by atoms with Crippen LogP contribution in [0.5, 0.6) is 11.5 Å². The van der Waals surface area contributed by atoms with Gasteiger partial charge in [-0.3, -0.25) is 10.1 Å². The fraction of sp³-hybridized carbons (Fsp3) is 0.0667. The summed E-state index contributed by atoms with van der Waals surface area (Å²) in [5.41, 5.74) is 1.27. The summed E-state index contributed by atoms with van der Waals surface area (Å²) in [6.45, 7) is 0. The summed E-state index contributed by atoms with van der Waals surface area (Å²) in [6.07, 6.45) is -1.37. The molecule has 0 radical (unpaired) electrons. The first kappa shape index (κ1) is 13.6. The van der Waals surface area contributed by atoms with Crippen LogP contribution in [0.25, 0.3) is 0 Å². The van der Waals surface area contributed by atoms with Gasteiger partial charge >= 0.3 is 6.09 Å². The molecule has 0 saturated carbocycles. The van der Waals surface area contributed by atoms with Crippen molar-refractivity contribution in [3.63, 3.8) is 0 Å². The van der Waals surface area contributed by atoms with Crippen molar-refractivity contribution in [3.05, 3.63) is 58.1 Å². The molecular formula is C15H10BrNO4. The summed E-state index contributed by atoms with van der Waals surface area (Å²) < 4.78 is 6.56. The predicted molar refractivity (Wildman–Crippen MR) is 78.7 cm³/mol. The molecule has 21 heavy (non-hydrogen) atoms. The van der Waals surface area contributed by atoms with Crippen molar-refractivity contribution in [1.82, 2.24) is 5.32 Å². The Morgan fingerprint density at radius 1 is 1.10 bits per heavy atom. The van der Waals surface area contributed by atoms with E-state index >= 15 is 0 Å². The van der Waals surface area contributed by atoms with E-state index in [1.165, 1.54) is 0 Å². The van der Waals surface area contributed by atoms with Gasteiger partial charge in [-0.2, -0.15) is 0 Å². The summed E-state index contributed by atoms with van der Waals surface area (Å²) in [7, 11) is 0. The molecule has 0 fully saturated rings. The van der Waals surface area contributed by atoms with E-state index in [0.717, 1.165) is 4.47 Å². The van der Waals surface area contributed by atoms with Gasteiger partial charge in [0.15, 0.2) is 0 Å². The van der Waals surface area contributed by atoms with Crippen LogP contribution in [0.1, 0.15) is 17.0 Å². The Morgan fingerprint density at radius 3 is 2.57 bits per heavy atom. The number of carbonyl (C=O) groups is 2. The standard InChI is InChI=1S/C15H10BrNO4/c16-8-5-6-12-10(7-8)13(14(18)17-15(19)20)9-3-1-2-4-11(9)21-12/h1-7,13H,(H,17,18)(H,19,20). The van der Waals surface area contributed by atoms with Gasteiger partial charge in [0.05, 0.1) is 5.92 Å². The SMILES string of the molecule is O=C(O)NC(=O)C1c2ccccc2Oc2ccc(Br)cc21. The maximum Gasteiger partial charge on any atom is 0.411 e. The largest absolute Gasteiger partial charge is 0.465 e. The van der Waals surface area contributed by atoms with Crippen molar-refractivity contribution in [3.8, 4) is 11.5 Å². The Hall–Kier alpha value is -2.34. The minimum absolute atomic E-state index is 0.544. The lowest BCUT2D eigenvalue weighted by Crippen LogP contribution is -2.35. The Morgan fingerprint density at radius 2 is 1.81 bits per heavy atom. The van der Waals surface area contributed by atoms with E-state index in [1.807, 2.05) is 5.32 Å². The molecule has 2 N–H and O–H groups in total. The number of imide groups is 1. The fourth-order valence-electron chi connectivity index (χ4n) is 2.40. The van der Waals surface area contributed by atoms with Gasteiger partial charge in [-0.15, -0.1) is 0 Å². The molecular weight excluding hydrogens is 338 g/mol. The van der Waals surface area contributed by atoms with Gasteiger partial charge < -0.3 is 9.84 Å². The van der Waals surface area contributed by atoms with Crippen LogP contribution in [0.15, 0.2) is 46.9 Å². The number of hydrogen-bond acceptors (Lipinski definition) is 3. The minimum Gasteiger partial charge on any atom is -0.465 e. The van der Waals surface area contributed by atoms with Crippen LogP contribution in [-0.2, 0) is 4.79 Å². The minimum atomic E-state index is -1.37. The monoisotopic (exact) mass is 347 g/mol. The van der Waals surface area contributed by atoms with Gasteiger partial charge in [-0.1, -0.05) is 34.1 Å². The second-order valence-corrected chi connectivity index (χ2v) is 5.47. The second kappa shape index (κ2) is 5.21. The van der Waals surface area contributed by atoms with Crippen molar-refractivity contribution in [2.45, 2.75) is 5.92 Å². The number of benzene rings is 2. The molecule has 1 aliphatic rings. The Labute approximate surface area is 128 Å². The molecule has 106 valence electrons. The molecule has 0 aliphatic carbocycles. The Balaban J connectivity index is 2.15. The Bertz CT molecular complexity index is 744. The number of carboxylic acid groups (broad SMARTS) is 1. The van der Waals surface area contributed by atoms with Crippen LogP contribution in [0, 0.1) is 0 Å².